The van der Waals surface area contributed by atoms with Gasteiger partial charge in [-0.2, -0.15) is 0 Å². The van der Waals surface area contributed by atoms with Crippen LogP contribution in [0.5, 0.6) is 0 Å². The second-order valence-electron chi connectivity index (χ2n) is 4.29. The highest BCUT2D eigenvalue weighted by Gasteiger charge is 2.06. The van der Waals surface area contributed by atoms with E-state index >= 15 is 0 Å². The molecule has 1 aromatic carbocycles. The number of rotatable bonds is 6. The Bertz CT molecular complexity index is 309. The Balaban J connectivity index is 2.57. The van der Waals surface area contributed by atoms with Crippen LogP contribution in [-0.4, -0.2) is 25.8 Å². The summed E-state index contributed by atoms with van der Waals surface area (Å²) in [6.07, 6.45) is 0.315. The van der Waals surface area contributed by atoms with Gasteiger partial charge in [0.1, 0.15) is 0 Å². The molecule has 2 heteroatoms. The average molecular weight is 221 g/mol. The van der Waals surface area contributed by atoms with Crippen LogP contribution in [0.15, 0.2) is 24.3 Å². The summed E-state index contributed by atoms with van der Waals surface area (Å²) in [4.78, 5) is 2.36. The van der Waals surface area contributed by atoms with Gasteiger partial charge in [0.2, 0.25) is 0 Å². The molecule has 0 fully saturated rings. The molecule has 0 unspecified atom stereocenters. The van der Waals surface area contributed by atoms with Crippen LogP contribution in [0.25, 0.3) is 0 Å². The van der Waals surface area contributed by atoms with E-state index in [1.807, 2.05) is 0 Å². The van der Waals surface area contributed by atoms with Crippen LogP contribution in [0, 0.1) is 6.92 Å². The van der Waals surface area contributed by atoms with Crippen LogP contribution < -0.4 is 4.90 Å². The molecule has 16 heavy (non-hydrogen) atoms. The van der Waals surface area contributed by atoms with E-state index in [0.717, 1.165) is 19.7 Å². The highest BCUT2D eigenvalue weighted by Crippen LogP contribution is 2.18. The first-order chi connectivity index (χ1) is 7.65. The van der Waals surface area contributed by atoms with Gasteiger partial charge in [-0.15, -0.1) is 0 Å². The topological polar surface area (TPSA) is 12.5 Å². The molecule has 0 heterocycles. The van der Waals surface area contributed by atoms with E-state index in [1.165, 1.54) is 11.3 Å². The number of likely N-dealkylation sites (N-methyl/N-ethyl adjacent to an activating group) is 1. The van der Waals surface area contributed by atoms with Crippen molar-refractivity contribution in [1.82, 2.24) is 0 Å². The van der Waals surface area contributed by atoms with Crippen LogP contribution in [-0.2, 0) is 4.74 Å². The van der Waals surface area contributed by atoms with Gasteiger partial charge in [0.25, 0.3) is 0 Å². The quantitative estimate of drug-likeness (QED) is 0.731. The number of hydrogen-bond donors (Lipinski definition) is 0. The highest BCUT2D eigenvalue weighted by molar-refractivity contribution is 5.52. The number of nitrogens with zero attached hydrogens (tertiary/aromatic N) is 1. The molecule has 0 bridgehead atoms. The lowest BCUT2D eigenvalue weighted by atomic mass is 10.2. The van der Waals surface area contributed by atoms with Crippen molar-refractivity contribution >= 4 is 5.69 Å². The molecule has 0 N–H and O–H groups in total. The summed E-state index contributed by atoms with van der Waals surface area (Å²) in [6, 6.07) is 8.50. The largest absolute Gasteiger partial charge is 0.377 e. The number of benzene rings is 1. The van der Waals surface area contributed by atoms with Gasteiger partial charge in [-0.1, -0.05) is 18.2 Å². The average Bonchev–Trinajstić information content (AvgIpc) is 2.25. The molecule has 0 aliphatic heterocycles. The molecule has 0 spiro atoms. The summed E-state index contributed by atoms with van der Waals surface area (Å²) < 4.78 is 5.59. The van der Waals surface area contributed by atoms with Gasteiger partial charge in [0.15, 0.2) is 0 Å². The Hall–Kier alpha value is -1.02. The van der Waals surface area contributed by atoms with Crippen LogP contribution in [0.4, 0.5) is 5.69 Å². The monoisotopic (exact) mass is 221 g/mol. The molecule has 0 saturated heterocycles. The first kappa shape index (κ1) is 13.0. The molecule has 0 aliphatic rings. The summed E-state index contributed by atoms with van der Waals surface area (Å²) in [5.41, 5.74) is 2.64. The highest BCUT2D eigenvalue weighted by atomic mass is 16.5. The number of hydrogen-bond acceptors (Lipinski definition) is 2. The fraction of sp³-hybridized carbons (Fsp3) is 0.571. The van der Waals surface area contributed by atoms with Gasteiger partial charge in [0.05, 0.1) is 12.7 Å². The molecule has 2 nitrogen and oxygen atoms in total. The van der Waals surface area contributed by atoms with E-state index in [2.05, 4.69) is 56.9 Å². The summed E-state index contributed by atoms with van der Waals surface area (Å²) in [6.45, 7) is 11.3. The predicted octanol–water partition coefficient (Wildman–Crippen LogP) is 3.25. The zero-order chi connectivity index (χ0) is 12.0. The summed E-state index contributed by atoms with van der Waals surface area (Å²) in [5.74, 6) is 0. The van der Waals surface area contributed by atoms with Crippen molar-refractivity contribution in [3.63, 3.8) is 0 Å². The third-order valence-corrected chi connectivity index (χ3v) is 2.65. The second kappa shape index (κ2) is 6.54. The van der Waals surface area contributed by atoms with Crippen molar-refractivity contribution in [2.24, 2.45) is 0 Å². The Morgan fingerprint density at radius 1 is 1.25 bits per heavy atom. The lowest BCUT2D eigenvalue weighted by Gasteiger charge is -2.25. The SMILES string of the molecule is CCN(CCOC(C)C)c1ccccc1C. The van der Waals surface area contributed by atoms with E-state index in [1.54, 1.807) is 0 Å². The molecule has 0 amide bonds. The first-order valence-electron chi connectivity index (χ1n) is 6.07. The van der Waals surface area contributed by atoms with Gasteiger partial charge >= 0.3 is 0 Å². The van der Waals surface area contributed by atoms with Gasteiger partial charge in [-0.05, 0) is 39.3 Å². The van der Waals surface area contributed by atoms with Crippen molar-refractivity contribution in [3.8, 4) is 0 Å². The normalized spacial score (nSPS) is 10.8. The second-order valence-corrected chi connectivity index (χ2v) is 4.29. The molecule has 0 saturated carbocycles. The Morgan fingerprint density at radius 3 is 2.50 bits per heavy atom. The minimum Gasteiger partial charge on any atom is -0.377 e. The van der Waals surface area contributed by atoms with Gasteiger partial charge in [0, 0.05) is 18.8 Å². The zero-order valence-corrected chi connectivity index (χ0v) is 10.9. The minimum absolute atomic E-state index is 0.315. The lowest BCUT2D eigenvalue weighted by Crippen LogP contribution is -2.28. The van der Waals surface area contributed by atoms with Gasteiger partial charge in [-0.3, -0.25) is 0 Å². The molecule has 90 valence electrons. The molecule has 1 aromatic rings. The third-order valence-electron chi connectivity index (χ3n) is 2.65. The number of aryl methyl sites for hydroxylation is 1. The van der Waals surface area contributed by atoms with Crippen molar-refractivity contribution in [3.05, 3.63) is 29.8 Å². The Kier molecular flexibility index (Phi) is 5.33. The predicted molar refractivity (Wildman–Crippen MR) is 70.2 cm³/mol. The van der Waals surface area contributed by atoms with E-state index in [0.29, 0.717) is 6.10 Å². The molecular formula is C14H23NO. The maximum atomic E-state index is 5.59. The van der Waals surface area contributed by atoms with Crippen molar-refractivity contribution in [1.29, 1.82) is 0 Å². The van der Waals surface area contributed by atoms with E-state index in [-0.39, 0.29) is 0 Å². The molecule has 0 atom stereocenters. The summed E-state index contributed by atoms with van der Waals surface area (Å²) in [5, 5.41) is 0. The Labute approximate surface area is 99.2 Å². The number of para-hydroxylation sites is 1. The standard InChI is InChI=1S/C14H23NO/c1-5-15(10-11-16-12(2)3)14-9-7-6-8-13(14)4/h6-9,12H,5,10-11H2,1-4H3. The summed E-state index contributed by atoms with van der Waals surface area (Å²) >= 11 is 0. The van der Waals surface area contributed by atoms with Crippen molar-refractivity contribution in [2.45, 2.75) is 33.8 Å². The number of ether oxygens (including phenoxy) is 1. The smallest absolute Gasteiger partial charge is 0.0645 e. The first-order valence-corrected chi connectivity index (χ1v) is 6.07. The van der Waals surface area contributed by atoms with E-state index in [4.69, 9.17) is 4.74 Å². The molecule has 1 rings (SSSR count). The van der Waals surface area contributed by atoms with E-state index in [9.17, 15) is 0 Å². The minimum atomic E-state index is 0.315. The molecular weight excluding hydrogens is 198 g/mol. The van der Waals surface area contributed by atoms with Crippen molar-refractivity contribution in [2.75, 3.05) is 24.6 Å². The third kappa shape index (κ3) is 3.86. The molecule has 0 radical (unpaired) electrons. The number of anilines is 1. The van der Waals surface area contributed by atoms with Crippen LogP contribution in [0.2, 0.25) is 0 Å². The zero-order valence-electron chi connectivity index (χ0n) is 10.9. The lowest BCUT2D eigenvalue weighted by molar-refractivity contribution is 0.0841. The maximum absolute atomic E-state index is 5.59. The maximum Gasteiger partial charge on any atom is 0.0645 e. The fourth-order valence-electron chi connectivity index (χ4n) is 1.77. The molecule has 0 aliphatic carbocycles. The summed E-state index contributed by atoms with van der Waals surface area (Å²) in [7, 11) is 0. The Morgan fingerprint density at radius 2 is 1.94 bits per heavy atom. The molecule has 0 aromatic heterocycles. The van der Waals surface area contributed by atoms with E-state index < -0.39 is 0 Å². The van der Waals surface area contributed by atoms with Crippen LogP contribution in [0.1, 0.15) is 26.3 Å². The van der Waals surface area contributed by atoms with Gasteiger partial charge < -0.3 is 9.64 Å². The van der Waals surface area contributed by atoms with Crippen LogP contribution >= 0.6 is 0 Å². The van der Waals surface area contributed by atoms with Gasteiger partial charge in [-0.25, -0.2) is 0 Å². The van der Waals surface area contributed by atoms with Crippen molar-refractivity contribution < 1.29 is 4.74 Å². The van der Waals surface area contributed by atoms with Crippen LogP contribution in [0.3, 0.4) is 0 Å². The fourth-order valence-corrected chi connectivity index (χ4v) is 1.77.